The van der Waals surface area contributed by atoms with Gasteiger partial charge in [-0.25, -0.2) is 0 Å². The fourth-order valence-electron chi connectivity index (χ4n) is 2.25. The summed E-state index contributed by atoms with van der Waals surface area (Å²) < 4.78 is 0. The van der Waals surface area contributed by atoms with Crippen LogP contribution in [0.4, 0.5) is 5.82 Å². The molecule has 1 heterocycles. The predicted octanol–water partition coefficient (Wildman–Crippen LogP) is 1.41. The van der Waals surface area contributed by atoms with Crippen molar-refractivity contribution in [3.63, 3.8) is 0 Å². The van der Waals surface area contributed by atoms with Crippen molar-refractivity contribution in [1.82, 2.24) is 10.2 Å². The minimum absolute atomic E-state index is 0.473. The Kier molecular flexibility index (Phi) is 3.50. The van der Waals surface area contributed by atoms with Crippen LogP contribution >= 0.6 is 0 Å². The first-order valence-corrected chi connectivity index (χ1v) is 5.64. The minimum atomic E-state index is 0.473. The Bertz CT molecular complexity index is 288. The van der Waals surface area contributed by atoms with E-state index in [2.05, 4.69) is 15.5 Å². The third-order valence-corrected chi connectivity index (χ3v) is 3.12. The average molecular weight is 206 g/mol. The van der Waals surface area contributed by atoms with Crippen molar-refractivity contribution in [1.29, 1.82) is 0 Å². The first-order chi connectivity index (χ1) is 7.40. The molecule has 0 aliphatic heterocycles. The van der Waals surface area contributed by atoms with Crippen LogP contribution in [-0.2, 0) is 0 Å². The molecule has 2 atom stereocenters. The molecule has 0 saturated heterocycles. The van der Waals surface area contributed by atoms with Gasteiger partial charge in [-0.15, -0.1) is 5.10 Å². The van der Waals surface area contributed by atoms with Gasteiger partial charge in [0.05, 0.1) is 0 Å². The van der Waals surface area contributed by atoms with Gasteiger partial charge in [-0.05, 0) is 37.4 Å². The highest BCUT2D eigenvalue weighted by Crippen LogP contribution is 2.25. The quantitative estimate of drug-likeness (QED) is 0.784. The normalized spacial score (nSPS) is 26.2. The first-order valence-electron chi connectivity index (χ1n) is 5.64. The molecule has 0 aromatic carbocycles. The summed E-state index contributed by atoms with van der Waals surface area (Å²) in [6, 6.07) is 4.32. The molecule has 2 rings (SSSR count). The third-order valence-electron chi connectivity index (χ3n) is 3.12. The number of nitrogens with one attached hydrogen (secondary N) is 1. The number of nitrogens with two attached hydrogens (primary N) is 1. The van der Waals surface area contributed by atoms with Gasteiger partial charge in [0.2, 0.25) is 0 Å². The van der Waals surface area contributed by atoms with E-state index in [0.717, 1.165) is 12.4 Å². The maximum atomic E-state index is 5.77. The van der Waals surface area contributed by atoms with Crippen LogP contribution in [0.3, 0.4) is 0 Å². The van der Waals surface area contributed by atoms with E-state index in [9.17, 15) is 0 Å². The minimum Gasteiger partial charge on any atom is -0.366 e. The van der Waals surface area contributed by atoms with Crippen molar-refractivity contribution >= 4 is 5.82 Å². The van der Waals surface area contributed by atoms with Crippen molar-refractivity contribution in [2.45, 2.75) is 31.7 Å². The Labute approximate surface area is 90.3 Å². The number of hydrogen-bond donors (Lipinski definition) is 2. The van der Waals surface area contributed by atoms with Gasteiger partial charge >= 0.3 is 0 Å². The predicted molar refractivity (Wildman–Crippen MR) is 60.5 cm³/mol. The van der Waals surface area contributed by atoms with Crippen molar-refractivity contribution in [3.05, 3.63) is 18.3 Å². The lowest BCUT2D eigenvalue weighted by atomic mass is 9.84. The van der Waals surface area contributed by atoms with Crippen LogP contribution in [0.5, 0.6) is 0 Å². The lowest BCUT2D eigenvalue weighted by molar-refractivity contribution is 0.332. The van der Waals surface area contributed by atoms with Gasteiger partial charge in [-0.3, -0.25) is 0 Å². The smallest absolute Gasteiger partial charge is 0.148 e. The van der Waals surface area contributed by atoms with E-state index in [1.807, 2.05) is 12.1 Å². The molecular weight excluding hydrogens is 188 g/mol. The van der Waals surface area contributed by atoms with Crippen molar-refractivity contribution in [3.8, 4) is 0 Å². The summed E-state index contributed by atoms with van der Waals surface area (Å²) >= 11 is 0. The molecule has 1 aliphatic carbocycles. The molecule has 4 heteroatoms. The van der Waals surface area contributed by atoms with E-state index < -0.39 is 0 Å². The second-order valence-electron chi connectivity index (χ2n) is 4.14. The van der Waals surface area contributed by atoms with Crippen LogP contribution in [0.2, 0.25) is 0 Å². The van der Waals surface area contributed by atoms with Gasteiger partial charge in [0.25, 0.3) is 0 Å². The SMILES string of the molecule is NCC1CCCCC1Nc1cccnn1. The highest BCUT2D eigenvalue weighted by atomic mass is 15.2. The second-order valence-corrected chi connectivity index (χ2v) is 4.14. The fraction of sp³-hybridized carbons (Fsp3) is 0.636. The van der Waals surface area contributed by atoms with E-state index >= 15 is 0 Å². The Morgan fingerprint density at radius 1 is 1.40 bits per heavy atom. The molecular formula is C11H18N4. The van der Waals surface area contributed by atoms with E-state index in [1.54, 1.807) is 6.20 Å². The molecule has 0 amide bonds. The fourth-order valence-corrected chi connectivity index (χ4v) is 2.25. The summed E-state index contributed by atoms with van der Waals surface area (Å²) in [6.07, 6.45) is 6.70. The molecule has 0 bridgehead atoms. The van der Waals surface area contributed by atoms with Crippen LogP contribution in [0.15, 0.2) is 18.3 Å². The standard InChI is InChI=1S/C11H18N4/c12-8-9-4-1-2-5-10(9)14-11-6-3-7-13-15-11/h3,6-7,9-10H,1-2,4-5,8,12H2,(H,14,15). The van der Waals surface area contributed by atoms with E-state index in [1.165, 1.54) is 25.7 Å². The van der Waals surface area contributed by atoms with Crippen LogP contribution < -0.4 is 11.1 Å². The Morgan fingerprint density at radius 3 is 3.00 bits per heavy atom. The lowest BCUT2D eigenvalue weighted by Crippen LogP contribution is -2.36. The van der Waals surface area contributed by atoms with Gasteiger partial charge in [0, 0.05) is 12.2 Å². The molecule has 4 nitrogen and oxygen atoms in total. The van der Waals surface area contributed by atoms with Crippen molar-refractivity contribution in [2.24, 2.45) is 11.7 Å². The number of hydrogen-bond acceptors (Lipinski definition) is 4. The summed E-state index contributed by atoms with van der Waals surface area (Å²) in [7, 11) is 0. The zero-order chi connectivity index (χ0) is 10.5. The topological polar surface area (TPSA) is 63.8 Å². The highest BCUT2D eigenvalue weighted by Gasteiger charge is 2.23. The summed E-state index contributed by atoms with van der Waals surface area (Å²) in [5, 5.41) is 11.3. The first kappa shape index (κ1) is 10.4. The van der Waals surface area contributed by atoms with Gasteiger partial charge in [0.1, 0.15) is 5.82 Å². The molecule has 1 aliphatic rings. The van der Waals surface area contributed by atoms with Crippen molar-refractivity contribution in [2.75, 3.05) is 11.9 Å². The zero-order valence-corrected chi connectivity index (χ0v) is 8.89. The van der Waals surface area contributed by atoms with Crippen LogP contribution in [0, 0.1) is 5.92 Å². The molecule has 3 N–H and O–H groups in total. The number of rotatable bonds is 3. The molecule has 82 valence electrons. The van der Waals surface area contributed by atoms with Crippen LogP contribution in [0.25, 0.3) is 0 Å². The number of aromatic nitrogens is 2. The Hall–Kier alpha value is -1.16. The Balaban J connectivity index is 1.97. The maximum absolute atomic E-state index is 5.77. The highest BCUT2D eigenvalue weighted by molar-refractivity contribution is 5.33. The summed E-state index contributed by atoms with van der Waals surface area (Å²) in [5.74, 6) is 1.45. The lowest BCUT2D eigenvalue weighted by Gasteiger charge is -2.31. The van der Waals surface area contributed by atoms with E-state index in [-0.39, 0.29) is 0 Å². The van der Waals surface area contributed by atoms with Gasteiger partial charge in [-0.2, -0.15) is 5.10 Å². The zero-order valence-electron chi connectivity index (χ0n) is 8.89. The second kappa shape index (κ2) is 5.07. The van der Waals surface area contributed by atoms with E-state index in [4.69, 9.17) is 5.73 Å². The van der Waals surface area contributed by atoms with Gasteiger partial charge < -0.3 is 11.1 Å². The van der Waals surface area contributed by atoms with Gasteiger partial charge in [0.15, 0.2) is 0 Å². The van der Waals surface area contributed by atoms with Crippen molar-refractivity contribution < 1.29 is 0 Å². The summed E-state index contributed by atoms with van der Waals surface area (Å²) in [5.41, 5.74) is 5.77. The monoisotopic (exact) mass is 206 g/mol. The molecule has 1 aromatic heterocycles. The molecule has 0 radical (unpaired) electrons. The van der Waals surface area contributed by atoms with Gasteiger partial charge in [-0.1, -0.05) is 12.8 Å². The molecule has 2 unspecified atom stereocenters. The molecule has 15 heavy (non-hydrogen) atoms. The molecule has 1 saturated carbocycles. The number of nitrogens with zero attached hydrogens (tertiary/aromatic N) is 2. The average Bonchev–Trinajstić information content (AvgIpc) is 2.31. The van der Waals surface area contributed by atoms with Crippen LogP contribution in [-0.4, -0.2) is 22.8 Å². The molecule has 0 spiro atoms. The number of anilines is 1. The Morgan fingerprint density at radius 2 is 2.27 bits per heavy atom. The third kappa shape index (κ3) is 2.65. The summed E-state index contributed by atoms with van der Waals surface area (Å²) in [6.45, 7) is 0.762. The van der Waals surface area contributed by atoms with E-state index in [0.29, 0.717) is 12.0 Å². The largest absolute Gasteiger partial charge is 0.366 e. The molecule has 1 fully saturated rings. The molecule has 1 aromatic rings. The van der Waals surface area contributed by atoms with Crippen LogP contribution in [0.1, 0.15) is 25.7 Å². The summed E-state index contributed by atoms with van der Waals surface area (Å²) in [4.78, 5) is 0. The maximum Gasteiger partial charge on any atom is 0.148 e.